The van der Waals surface area contributed by atoms with Gasteiger partial charge in [-0.25, -0.2) is 9.48 Å². The van der Waals surface area contributed by atoms with Crippen LogP contribution in [0.5, 0.6) is 5.88 Å². The van der Waals surface area contributed by atoms with Gasteiger partial charge in [0.1, 0.15) is 0 Å². The summed E-state index contributed by atoms with van der Waals surface area (Å²) in [5.74, 6) is 0.176. The zero-order valence-corrected chi connectivity index (χ0v) is 13.1. The first-order valence-electron chi connectivity index (χ1n) is 7.66. The number of aromatic nitrogens is 2. The Balaban J connectivity index is 2.18. The van der Waals surface area contributed by atoms with Crippen molar-refractivity contribution in [2.75, 3.05) is 13.2 Å². The van der Waals surface area contributed by atoms with Crippen molar-refractivity contribution in [3.05, 3.63) is 47.7 Å². The van der Waals surface area contributed by atoms with Crippen molar-refractivity contribution >= 4 is 5.97 Å². The maximum Gasteiger partial charge on any atom is 0.358 e. The second-order valence-corrected chi connectivity index (χ2v) is 4.93. The molecule has 1 aromatic carbocycles. The lowest BCUT2D eigenvalue weighted by Gasteiger charge is -2.08. The lowest BCUT2D eigenvalue weighted by Crippen LogP contribution is -2.09. The molecule has 118 valence electrons. The first kappa shape index (κ1) is 16.1. The summed E-state index contributed by atoms with van der Waals surface area (Å²) in [5.41, 5.74) is 1.38. The maximum atomic E-state index is 11.8. The predicted octanol–water partition coefficient (Wildman–Crippen LogP) is 3.29. The second kappa shape index (κ2) is 8.22. The summed E-state index contributed by atoms with van der Waals surface area (Å²) in [6.07, 6.45) is 2.02. The monoisotopic (exact) mass is 302 g/mol. The minimum Gasteiger partial charge on any atom is -0.478 e. The van der Waals surface area contributed by atoms with E-state index < -0.39 is 5.97 Å². The molecule has 0 aliphatic heterocycles. The molecule has 0 saturated carbocycles. The molecule has 0 spiro atoms. The van der Waals surface area contributed by atoms with Crippen molar-refractivity contribution < 1.29 is 14.3 Å². The van der Waals surface area contributed by atoms with Crippen LogP contribution in [0.4, 0.5) is 0 Å². The van der Waals surface area contributed by atoms with Crippen molar-refractivity contribution in [1.82, 2.24) is 9.78 Å². The van der Waals surface area contributed by atoms with E-state index in [1.54, 1.807) is 17.7 Å². The molecule has 5 nitrogen and oxygen atoms in total. The van der Waals surface area contributed by atoms with Gasteiger partial charge < -0.3 is 9.47 Å². The standard InChI is InChI=1S/C17H22N2O3/c1-3-5-11-22-16-12-15(17(20)21-4-2)18-19(16)13-14-9-7-6-8-10-14/h6-10,12H,3-5,11,13H2,1-2H3. The molecule has 0 bridgehead atoms. The Morgan fingerprint density at radius 1 is 1.23 bits per heavy atom. The van der Waals surface area contributed by atoms with Crippen LogP contribution in [0.1, 0.15) is 42.7 Å². The Hall–Kier alpha value is -2.30. The summed E-state index contributed by atoms with van der Waals surface area (Å²) in [4.78, 5) is 11.8. The number of hydrogen-bond acceptors (Lipinski definition) is 4. The van der Waals surface area contributed by atoms with Crippen LogP contribution in [0.25, 0.3) is 0 Å². The maximum absolute atomic E-state index is 11.8. The molecule has 0 radical (unpaired) electrons. The van der Waals surface area contributed by atoms with Crippen LogP contribution in [0.15, 0.2) is 36.4 Å². The van der Waals surface area contributed by atoms with Crippen molar-refractivity contribution in [3.63, 3.8) is 0 Å². The number of unbranched alkanes of at least 4 members (excludes halogenated alkanes) is 1. The first-order valence-corrected chi connectivity index (χ1v) is 7.66. The summed E-state index contributed by atoms with van der Waals surface area (Å²) < 4.78 is 12.5. The average molecular weight is 302 g/mol. The summed E-state index contributed by atoms with van der Waals surface area (Å²) in [5, 5.41) is 4.32. The van der Waals surface area contributed by atoms with Crippen LogP contribution in [0.2, 0.25) is 0 Å². The first-order chi connectivity index (χ1) is 10.7. The highest BCUT2D eigenvalue weighted by Crippen LogP contribution is 2.17. The largest absolute Gasteiger partial charge is 0.478 e. The van der Waals surface area contributed by atoms with Crippen LogP contribution in [-0.2, 0) is 11.3 Å². The highest BCUT2D eigenvalue weighted by atomic mass is 16.5. The molecule has 0 unspecified atom stereocenters. The minimum absolute atomic E-state index is 0.282. The fourth-order valence-electron chi connectivity index (χ4n) is 2.01. The predicted molar refractivity (Wildman–Crippen MR) is 84.1 cm³/mol. The number of benzene rings is 1. The molecule has 0 fully saturated rings. The average Bonchev–Trinajstić information content (AvgIpc) is 2.92. The van der Waals surface area contributed by atoms with E-state index in [0.29, 0.717) is 25.6 Å². The van der Waals surface area contributed by atoms with Crippen molar-refractivity contribution in [2.24, 2.45) is 0 Å². The van der Waals surface area contributed by atoms with E-state index in [-0.39, 0.29) is 5.69 Å². The molecule has 22 heavy (non-hydrogen) atoms. The number of esters is 1. The van der Waals surface area contributed by atoms with E-state index in [0.717, 1.165) is 18.4 Å². The van der Waals surface area contributed by atoms with Crippen LogP contribution in [-0.4, -0.2) is 29.0 Å². The number of rotatable bonds is 8. The Labute approximate surface area is 130 Å². The molecule has 0 saturated heterocycles. The van der Waals surface area contributed by atoms with Crippen LogP contribution >= 0.6 is 0 Å². The van der Waals surface area contributed by atoms with Crippen molar-refractivity contribution in [2.45, 2.75) is 33.2 Å². The van der Waals surface area contributed by atoms with Gasteiger partial charge in [-0.1, -0.05) is 43.7 Å². The second-order valence-electron chi connectivity index (χ2n) is 4.93. The highest BCUT2D eigenvalue weighted by molar-refractivity contribution is 5.87. The molecule has 2 aromatic rings. The number of carbonyl (C=O) groups is 1. The molecule has 0 N–H and O–H groups in total. The molecule has 0 atom stereocenters. The molecular weight excluding hydrogens is 280 g/mol. The topological polar surface area (TPSA) is 53.4 Å². The van der Waals surface area contributed by atoms with Gasteiger partial charge >= 0.3 is 5.97 Å². The number of carbonyl (C=O) groups excluding carboxylic acids is 1. The Bertz CT molecular complexity index is 593. The summed E-state index contributed by atoms with van der Waals surface area (Å²) in [7, 11) is 0. The van der Waals surface area contributed by atoms with E-state index in [9.17, 15) is 4.79 Å². The normalized spacial score (nSPS) is 10.5. The zero-order chi connectivity index (χ0) is 15.8. The fourth-order valence-corrected chi connectivity index (χ4v) is 2.01. The fraction of sp³-hybridized carbons (Fsp3) is 0.412. The summed E-state index contributed by atoms with van der Waals surface area (Å²) in [6, 6.07) is 11.6. The van der Waals surface area contributed by atoms with Gasteiger partial charge in [-0.15, -0.1) is 0 Å². The molecule has 0 aliphatic carbocycles. The van der Waals surface area contributed by atoms with E-state index >= 15 is 0 Å². The van der Waals surface area contributed by atoms with Gasteiger partial charge in [-0.05, 0) is 18.9 Å². The van der Waals surface area contributed by atoms with Crippen LogP contribution < -0.4 is 4.74 Å². The number of ether oxygens (including phenoxy) is 2. The third-order valence-corrected chi connectivity index (χ3v) is 3.15. The molecule has 5 heteroatoms. The SMILES string of the molecule is CCCCOc1cc(C(=O)OCC)nn1Cc1ccccc1. The van der Waals surface area contributed by atoms with Gasteiger partial charge in [0.15, 0.2) is 5.69 Å². The Kier molecular flexibility index (Phi) is 6.01. The van der Waals surface area contributed by atoms with Gasteiger partial charge in [-0.2, -0.15) is 5.10 Å². The molecule has 0 amide bonds. The van der Waals surface area contributed by atoms with E-state index in [1.165, 1.54) is 0 Å². The zero-order valence-electron chi connectivity index (χ0n) is 13.1. The summed E-state index contributed by atoms with van der Waals surface area (Å²) in [6.45, 7) is 5.38. The van der Waals surface area contributed by atoms with Crippen molar-refractivity contribution in [1.29, 1.82) is 0 Å². The van der Waals surface area contributed by atoms with Gasteiger partial charge in [0.25, 0.3) is 0 Å². The van der Waals surface area contributed by atoms with Crippen LogP contribution in [0, 0.1) is 0 Å². The van der Waals surface area contributed by atoms with E-state index in [1.807, 2.05) is 30.3 Å². The number of hydrogen-bond donors (Lipinski definition) is 0. The van der Waals surface area contributed by atoms with Gasteiger partial charge in [0.2, 0.25) is 5.88 Å². The quantitative estimate of drug-likeness (QED) is 0.554. The summed E-state index contributed by atoms with van der Waals surface area (Å²) >= 11 is 0. The van der Waals surface area contributed by atoms with Gasteiger partial charge in [-0.3, -0.25) is 0 Å². The number of nitrogens with zero attached hydrogens (tertiary/aromatic N) is 2. The third-order valence-electron chi connectivity index (χ3n) is 3.15. The van der Waals surface area contributed by atoms with Gasteiger partial charge in [0.05, 0.1) is 19.8 Å². The molecule has 0 aliphatic rings. The van der Waals surface area contributed by atoms with E-state index in [2.05, 4.69) is 12.0 Å². The molecule has 2 rings (SSSR count). The van der Waals surface area contributed by atoms with Gasteiger partial charge in [0, 0.05) is 6.07 Å². The smallest absolute Gasteiger partial charge is 0.358 e. The van der Waals surface area contributed by atoms with Crippen molar-refractivity contribution in [3.8, 4) is 5.88 Å². The Morgan fingerprint density at radius 3 is 2.68 bits per heavy atom. The van der Waals surface area contributed by atoms with Crippen LogP contribution in [0.3, 0.4) is 0 Å². The molecule has 1 aromatic heterocycles. The Morgan fingerprint density at radius 2 is 2.00 bits per heavy atom. The molecular formula is C17H22N2O3. The lowest BCUT2D eigenvalue weighted by atomic mass is 10.2. The lowest BCUT2D eigenvalue weighted by molar-refractivity contribution is 0.0518. The third kappa shape index (κ3) is 4.35. The molecule has 1 heterocycles. The minimum atomic E-state index is -0.422. The van der Waals surface area contributed by atoms with E-state index in [4.69, 9.17) is 9.47 Å². The highest BCUT2D eigenvalue weighted by Gasteiger charge is 2.16.